The summed E-state index contributed by atoms with van der Waals surface area (Å²) < 4.78 is 7.26. The number of hydrogen-bond acceptors (Lipinski definition) is 6. The lowest BCUT2D eigenvalue weighted by Gasteiger charge is -2.33. The van der Waals surface area contributed by atoms with E-state index in [-0.39, 0.29) is 11.9 Å². The minimum atomic E-state index is -0.470. The van der Waals surface area contributed by atoms with Crippen molar-refractivity contribution in [2.45, 2.75) is 16.4 Å². The van der Waals surface area contributed by atoms with E-state index in [2.05, 4.69) is 20.9 Å². The number of amides is 1. The number of rotatable bonds is 5. The van der Waals surface area contributed by atoms with Gasteiger partial charge in [-0.15, -0.1) is 10.2 Å². The summed E-state index contributed by atoms with van der Waals surface area (Å²) in [5.74, 6) is 1.18. The van der Waals surface area contributed by atoms with Crippen molar-refractivity contribution in [1.82, 2.24) is 14.9 Å². The van der Waals surface area contributed by atoms with Crippen LogP contribution in [-0.4, -0.2) is 33.1 Å². The van der Waals surface area contributed by atoms with Gasteiger partial charge in [0.25, 0.3) is 0 Å². The van der Waals surface area contributed by atoms with Gasteiger partial charge in [-0.05, 0) is 17.7 Å². The fourth-order valence-corrected chi connectivity index (χ4v) is 4.77. The molecule has 2 atom stereocenters. The number of hydrogen-bond donors (Lipinski definition) is 2. The molecule has 1 aliphatic heterocycles. The Hall–Kier alpha value is -3.78. The molecule has 5 rings (SSSR count). The van der Waals surface area contributed by atoms with Gasteiger partial charge >= 0.3 is 0 Å². The lowest BCUT2D eigenvalue weighted by Crippen LogP contribution is -2.41. The fourth-order valence-electron chi connectivity index (χ4n) is 3.69. The first-order chi connectivity index (χ1) is 15.7. The number of ether oxygens (including phenoxy) is 1. The van der Waals surface area contributed by atoms with E-state index in [1.165, 1.54) is 11.8 Å². The summed E-state index contributed by atoms with van der Waals surface area (Å²) in [5.41, 5.74) is 6.06. The van der Waals surface area contributed by atoms with Crippen LogP contribution in [-0.2, 0) is 4.79 Å². The number of carbonyl (C=O) groups is 1. The number of thioether (sulfide) groups is 1. The molecule has 0 saturated heterocycles. The molecule has 1 amide bonds. The summed E-state index contributed by atoms with van der Waals surface area (Å²) in [4.78, 5) is 13.4. The first-order valence-corrected chi connectivity index (χ1v) is 11.1. The van der Waals surface area contributed by atoms with Crippen LogP contribution in [0, 0.1) is 0 Å². The monoisotopic (exact) mass is 443 g/mol. The van der Waals surface area contributed by atoms with E-state index in [0.29, 0.717) is 22.4 Å². The Labute approximate surface area is 189 Å². The maximum atomic E-state index is 13.4. The van der Waals surface area contributed by atoms with Crippen LogP contribution >= 0.6 is 11.8 Å². The van der Waals surface area contributed by atoms with Crippen LogP contribution in [0.2, 0.25) is 0 Å². The molecular weight excluding hydrogens is 422 g/mol. The largest absolute Gasteiger partial charge is 0.495 e. The molecule has 0 spiro atoms. The van der Waals surface area contributed by atoms with Gasteiger partial charge in [0.2, 0.25) is 11.1 Å². The molecule has 8 heteroatoms. The van der Waals surface area contributed by atoms with Crippen LogP contribution in [0.3, 0.4) is 0 Å². The molecule has 0 aliphatic carbocycles. The van der Waals surface area contributed by atoms with E-state index in [4.69, 9.17) is 4.74 Å². The molecular formula is C24H21N5O2S. The number of benzene rings is 3. The number of para-hydroxylation sites is 2. The molecule has 7 nitrogen and oxygen atoms in total. The van der Waals surface area contributed by atoms with E-state index in [1.54, 1.807) is 7.11 Å². The third-order valence-corrected chi connectivity index (χ3v) is 6.47. The highest BCUT2D eigenvalue weighted by Gasteiger charge is 2.38. The van der Waals surface area contributed by atoms with E-state index in [0.717, 1.165) is 11.1 Å². The van der Waals surface area contributed by atoms with Crippen molar-refractivity contribution in [2.24, 2.45) is 0 Å². The molecule has 4 aromatic rings. The van der Waals surface area contributed by atoms with Gasteiger partial charge in [-0.2, -0.15) is 0 Å². The van der Waals surface area contributed by atoms with Gasteiger partial charge < -0.3 is 15.5 Å². The molecule has 160 valence electrons. The lowest BCUT2D eigenvalue weighted by molar-refractivity contribution is -0.116. The van der Waals surface area contributed by atoms with Crippen LogP contribution in [0.15, 0.2) is 90.1 Å². The number of fused-ring (bicyclic) bond motifs is 1. The zero-order chi connectivity index (χ0) is 21.9. The maximum Gasteiger partial charge on any atom is 0.240 e. The zero-order valence-corrected chi connectivity index (χ0v) is 18.1. The molecule has 0 bridgehead atoms. The highest BCUT2D eigenvalue weighted by atomic mass is 32.2. The van der Waals surface area contributed by atoms with Crippen molar-refractivity contribution in [3.63, 3.8) is 0 Å². The first-order valence-electron chi connectivity index (χ1n) is 10.2. The number of methoxy groups -OCH3 is 1. The molecule has 1 aliphatic rings. The minimum Gasteiger partial charge on any atom is -0.495 e. The normalized spacial score (nSPS) is 17.2. The van der Waals surface area contributed by atoms with E-state index < -0.39 is 5.25 Å². The summed E-state index contributed by atoms with van der Waals surface area (Å²) in [5, 5.41) is 11.9. The predicted octanol–water partition coefficient (Wildman–Crippen LogP) is 4.35. The molecule has 0 fully saturated rings. The van der Waals surface area contributed by atoms with Crippen LogP contribution in [0.4, 0.5) is 5.69 Å². The lowest BCUT2D eigenvalue weighted by atomic mass is 10.0. The second-order valence-electron chi connectivity index (χ2n) is 7.25. The number of anilines is 1. The van der Waals surface area contributed by atoms with E-state index >= 15 is 0 Å². The number of nitrogens with zero attached hydrogens (tertiary/aromatic N) is 3. The van der Waals surface area contributed by atoms with Gasteiger partial charge in [-0.3, -0.25) is 4.79 Å². The molecule has 3 aromatic carbocycles. The predicted molar refractivity (Wildman–Crippen MR) is 125 cm³/mol. The Bertz CT molecular complexity index is 1230. The van der Waals surface area contributed by atoms with Crippen molar-refractivity contribution in [3.8, 4) is 17.1 Å². The minimum absolute atomic E-state index is 0.142. The summed E-state index contributed by atoms with van der Waals surface area (Å²) in [7, 11) is 1.59. The molecule has 2 N–H and O–H groups in total. The average molecular weight is 444 g/mol. The summed E-state index contributed by atoms with van der Waals surface area (Å²) in [6.07, 6.45) is 0. The van der Waals surface area contributed by atoms with Gasteiger partial charge in [-0.1, -0.05) is 84.6 Å². The summed E-state index contributed by atoms with van der Waals surface area (Å²) in [6.45, 7) is 0. The zero-order valence-electron chi connectivity index (χ0n) is 17.3. The number of carbonyl (C=O) groups excluding carboxylic acids is 1. The van der Waals surface area contributed by atoms with Crippen LogP contribution < -0.4 is 15.5 Å². The molecule has 0 saturated carbocycles. The van der Waals surface area contributed by atoms with Gasteiger partial charge in [0.05, 0.1) is 18.8 Å². The van der Waals surface area contributed by atoms with Gasteiger partial charge in [0.1, 0.15) is 11.0 Å². The van der Waals surface area contributed by atoms with Gasteiger partial charge in [0, 0.05) is 5.56 Å². The van der Waals surface area contributed by atoms with Crippen molar-refractivity contribution >= 4 is 23.4 Å². The highest BCUT2D eigenvalue weighted by molar-refractivity contribution is 8.00. The maximum absolute atomic E-state index is 13.4. The summed E-state index contributed by atoms with van der Waals surface area (Å²) >= 11 is 1.39. The van der Waals surface area contributed by atoms with Crippen LogP contribution in [0.25, 0.3) is 11.4 Å². The number of aromatic nitrogens is 3. The summed E-state index contributed by atoms with van der Waals surface area (Å²) in [6, 6.07) is 26.9. The molecule has 32 heavy (non-hydrogen) atoms. The Morgan fingerprint density at radius 3 is 2.41 bits per heavy atom. The Balaban J connectivity index is 1.51. The molecule has 1 aromatic heterocycles. The SMILES string of the molecule is COc1ccccc1NC(=O)[C@H]1Sc2nnc(-c3ccccc3)n2N[C@@H]1c1ccccc1. The Morgan fingerprint density at radius 2 is 1.66 bits per heavy atom. The van der Waals surface area contributed by atoms with Crippen molar-refractivity contribution in [2.75, 3.05) is 17.9 Å². The fraction of sp³-hybridized carbons (Fsp3) is 0.125. The Morgan fingerprint density at radius 1 is 0.969 bits per heavy atom. The first kappa shape index (κ1) is 20.1. The van der Waals surface area contributed by atoms with Crippen LogP contribution in [0.5, 0.6) is 5.75 Å². The number of nitrogens with one attached hydrogen (secondary N) is 2. The average Bonchev–Trinajstić information content (AvgIpc) is 3.27. The van der Waals surface area contributed by atoms with Gasteiger partial charge in [-0.25, -0.2) is 4.68 Å². The van der Waals surface area contributed by atoms with Crippen molar-refractivity contribution in [1.29, 1.82) is 0 Å². The van der Waals surface area contributed by atoms with Gasteiger partial charge in [0.15, 0.2) is 5.82 Å². The van der Waals surface area contributed by atoms with E-state index in [1.807, 2.05) is 89.6 Å². The topological polar surface area (TPSA) is 81.1 Å². The quantitative estimate of drug-likeness (QED) is 0.477. The van der Waals surface area contributed by atoms with Crippen molar-refractivity contribution < 1.29 is 9.53 Å². The molecule has 0 unspecified atom stereocenters. The van der Waals surface area contributed by atoms with Crippen LogP contribution in [0.1, 0.15) is 11.6 Å². The van der Waals surface area contributed by atoms with Crippen molar-refractivity contribution in [3.05, 3.63) is 90.5 Å². The second-order valence-corrected chi connectivity index (χ2v) is 8.36. The smallest absolute Gasteiger partial charge is 0.240 e. The standard InChI is InChI=1S/C24H21N5O2S/c1-31-19-15-9-8-14-18(19)25-23(30)21-20(16-10-4-2-5-11-16)28-29-22(26-27-24(29)32-21)17-12-6-3-7-13-17/h2-15,20-21,28H,1H3,(H,25,30)/t20-,21+/m1/s1. The Kier molecular flexibility index (Phi) is 5.51. The molecule has 0 radical (unpaired) electrons. The second kappa shape index (κ2) is 8.76. The highest BCUT2D eigenvalue weighted by Crippen LogP contribution is 2.39. The third-order valence-electron chi connectivity index (χ3n) is 5.25. The molecule has 2 heterocycles. The third kappa shape index (κ3) is 3.80. The van der Waals surface area contributed by atoms with E-state index in [9.17, 15) is 4.79 Å².